The highest BCUT2D eigenvalue weighted by Gasteiger charge is 2.08. The number of nitrogens with one attached hydrogen (secondary N) is 1. The largest absolute Gasteiger partial charge is 0.493 e. The molecule has 0 aromatic heterocycles. The molecule has 0 aliphatic rings. The average Bonchev–Trinajstić information content (AvgIpc) is 2.60. The number of nitrogens with two attached hydrogens (primary N) is 1. The van der Waals surface area contributed by atoms with Gasteiger partial charge in [0.25, 0.3) is 0 Å². The lowest BCUT2D eigenvalue weighted by Crippen LogP contribution is -2.23. The third-order valence-electron chi connectivity index (χ3n) is 3.35. The van der Waals surface area contributed by atoms with E-state index in [1.54, 1.807) is 56.7 Å². The number of methoxy groups -OCH3 is 2. The van der Waals surface area contributed by atoms with Gasteiger partial charge in [0.05, 0.1) is 26.9 Å². The number of hydrogen-bond donors (Lipinski definition) is 3. The van der Waals surface area contributed by atoms with Crippen molar-refractivity contribution in [2.24, 2.45) is 10.7 Å². The van der Waals surface area contributed by atoms with Gasteiger partial charge in [-0.25, -0.2) is 0 Å². The van der Waals surface area contributed by atoms with E-state index >= 15 is 0 Å². The van der Waals surface area contributed by atoms with Crippen LogP contribution in [0.5, 0.6) is 11.5 Å². The van der Waals surface area contributed by atoms with E-state index in [0.717, 1.165) is 5.56 Å². The predicted octanol–water partition coefficient (Wildman–Crippen LogP) is 2.82. The van der Waals surface area contributed by atoms with E-state index in [0.29, 0.717) is 22.2 Å². The topological polar surface area (TPSA) is 89.1 Å². The number of aliphatic imine (C=N–C) groups is 1. The summed E-state index contributed by atoms with van der Waals surface area (Å²) in [5, 5.41) is 13.7. The maximum absolute atomic E-state index is 10.1. The average molecular weight is 350 g/mol. The van der Waals surface area contributed by atoms with Gasteiger partial charge in [-0.3, -0.25) is 4.99 Å². The molecule has 1 atom stereocenters. The number of aliphatic hydroxyl groups excluding tert-OH is 1. The van der Waals surface area contributed by atoms with Gasteiger partial charge >= 0.3 is 0 Å². The van der Waals surface area contributed by atoms with E-state index in [1.165, 1.54) is 0 Å². The standard InChI is InChI=1S/C17H20ClN3O3/c1-23-15-8-7-13(9-16(15)24-2)21-17(19)20-10-14(22)11-3-5-12(18)6-4-11/h3-9,14,22H,10H2,1-2H3,(H3,19,20,21). The van der Waals surface area contributed by atoms with Crippen LogP contribution in [-0.2, 0) is 0 Å². The molecule has 0 radical (unpaired) electrons. The minimum absolute atomic E-state index is 0.133. The van der Waals surface area contributed by atoms with Crippen molar-refractivity contribution in [1.82, 2.24) is 0 Å². The van der Waals surface area contributed by atoms with Crippen LogP contribution >= 0.6 is 11.6 Å². The molecule has 0 aliphatic carbocycles. The van der Waals surface area contributed by atoms with Crippen LogP contribution in [0.3, 0.4) is 0 Å². The molecule has 4 N–H and O–H groups in total. The summed E-state index contributed by atoms with van der Waals surface area (Å²) in [5.74, 6) is 1.39. The van der Waals surface area contributed by atoms with Gasteiger partial charge in [-0.15, -0.1) is 0 Å². The molecule has 0 spiro atoms. The third kappa shape index (κ3) is 4.78. The second-order valence-electron chi connectivity index (χ2n) is 4.99. The lowest BCUT2D eigenvalue weighted by atomic mass is 10.1. The quantitative estimate of drug-likeness (QED) is 0.551. The van der Waals surface area contributed by atoms with Crippen LogP contribution in [-0.4, -0.2) is 31.8 Å². The van der Waals surface area contributed by atoms with E-state index in [-0.39, 0.29) is 12.5 Å². The Kier molecular flexibility index (Phi) is 6.28. The lowest BCUT2D eigenvalue weighted by molar-refractivity contribution is 0.187. The fourth-order valence-corrected chi connectivity index (χ4v) is 2.20. The molecule has 0 aliphatic heterocycles. The summed E-state index contributed by atoms with van der Waals surface area (Å²) >= 11 is 5.82. The Morgan fingerprint density at radius 3 is 2.46 bits per heavy atom. The van der Waals surface area contributed by atoms with Crippen molar-refractivity contribution in [3.63, 3.8) is 0 Å². The SMILES string of the molecule is COc1ccc(NC(N)=NCC(O)c2ccc(Cl)cc2)cc1OC. The smallest absolute Gasteiger partial charge is 0.193 e. The maximum Gasteiger partial charge on any atom is 0.193 e. The van der Waals surface area contributed by atoms with Gasteiger partial charge in [-0.1, -0.05) is 23.7 Å². The van der Waals surface area contributed by atoms with Crippen molar-refractivity contribution < 1.29 is 14.6 Å². The molecule has 2 aromatic carbocycles. The Bertz CT molecular complexity index is 705. The summed E-state index contributed by atoms with van der Waals surface area (Å²) in [6.45, 7) is 0.133. The van der Waals surface area contributed by atoms with Crippen molar-refractivity contribution in [3.05, 3.63) is 53.1 Å². The molecule has 0 heterocycles. The van der Waals surface area contributed by atoms with E-state index in [4.69, 9.17) is 26.8 Å². The molecule has 1 unspecified atom stereocenters. The number of aliphatic hydroxyl groups is 1. The fourth-order valence-electron chi connectivity index (χ4n) is 2.08. The number of benzene rings is 2. The van der Waals surface area contributed by atoms with Crippen molar-refractivity contribution in [2.75, 3.05) is 26.1 Å². The molecule has 128 valence electrons. The first-order chi connectivity index (χ1) is 11.5. The Balaban J connectivity index is 1.99. The number of anilines is 1. The Morgan fingerprint density at radius 1 is 1.17 bits per heavy atom. The first kappa shape index (κ1) is 17.9. The van der Waals surface area contributed by atoms with E-state index in [2.05, 4.69) is 10.3 Å². The predicted molar refractivity (Wildman–Crippen MR) is 96.1 cm³/mol. The van der Waals surface area contributed by atoms with E-state index in [9.17, 15) is 5.11 Å². The van der Waals surface area contributed by atoms with Crippen molar-refractivity contribution in [3.8, 4) is 11.5 Å². The van der Waals surface area contributed by atoms with Crippen molar-refractivity contribution in [2.45, 2.75) is 6.10 Å². The van der Waals surface area contributed by atoms with Crippen LogP contribution in [0.4, 0.5) is 5.69 Å². The summed E-state index contributed by atoms with van der Waals surface area (Å²) in [6.07, 6.45) is -0.756. The van der Waals surface area contributed by atoms with E-state index < -0.39 is 6.10 Å². The molecule has 7 heteroatoms. The minimum atomic E-state index is -0.756. The molecule has 24 heavy (non-hydrogen) atoms. The van der Waals surface area contributed by atoms with E-state index in [1.807, 2.05) is 0 Å². The number of hydrogen-bond acceptors (Lipinski definition) is 4. The molecular weight excluding hydrogens is 330 g/mol. The van der Waals surface area contributed by atoms with Crippen molar-refractivity contribution in [1.29, 1.82) is 0 Å². The van der Waals surface area contributed by atoms with Crippen LogP contribution in [0.1, 0.15) is 11.7 Å². The number of guanidine groups is 1. The zero-order valence-electron chi connectivity index (χ0n) is 13.5. The summed E-state index contributed by atoms with van der Waals surface area (Å²) < 4.78 is 10.4. The molecule has 0 bridgehead atoms. The summed E-state index contributed by atoms with van der Waals surface area (Å²) in [4.78, 5) is 4.14. The number of rotatable bonds is 6. The zero-order valence-corrected chi connectivity index (χ0v) is 14.2. The summed E-state index contributed by atoms with van der Waals surface area (Å²) in [5.41, 5.74) is 7.28. The molecule has 2 rings (SSSR count). The summed E-state index contributed by atoms with van der Waals surface area (Å²) in [7, 11) is 3.13. The second-order valence-corrected chi connectivity index (χ2v) is 5.42. The second kappa shape index (κ2) is 8.42. The molecule has 6 nitrogen and oxygen atoms in total. The van der Waals surface area contributed by atoms with Gasteiger partial charge < -0.3 is 25.6 Å². The van der Waals surface area contributed by atoms with Crippen LogP contribution in [0.2, 0.25) is 5.02 Å². The third-order valence-corrected chi connectivity index (χ3v) is 3.60. The molecule has 2 aromatic rings. The Labute approximate surface area is 145 Å². The van der Waals surface area contributed by atoms with Gasteiger partial charge in [-0.2, -0.15) is 0 Å². The van der Waals surface area contributed by atoms with Gasteiger partial charge in [0.2, 0.25) is 0 Å². The lowest BCUT2D eigenvalue weighted by Gasteiger charge is -2.12. The molecule has 0 amide bonds. The Morgan fingerprint density at radius 2 is 1.83 bits per heavy atom. The van der Waals surface area contributed by atoms with Gasteiger partial charge in [0.15, 0.2) is 17.5 Å². The monoisotopic (exact) mass is 349 g/mol. The van der Waals surface area contributed by atoms with Crippen LogP contribution in [0, 0.1) is 0 Å². The van der Waals surface area contributed by atoms with Gasteiger partial charge in [0, 0.05) is 16.8 Å². The van der Waals surface area contributed by atoms with Crippen molar-refractivity contribution >= 4 is 23.2 Å². The van der Waals surface area contributed by atoms with Crippen LogP contribution in [0.15, 0.2) is 47.5 Å². The first-order valence-corrected chi connectivity index (χ1v) is 7.63. The first-order valence-electron chi connectivity index (χ1n) is 7.26. The number of ether oxygens (including phenoxy) is 2. The van der Waals surface area contributed by atoms with Gasteiger partial charge in [-0.05, 0) is 29.8 Å². The minimum Gasteiger partial charge on any atom is -0.493 e. The van der Waals surface area contributed by atoms with Gasteiger partial charge in [0.1, 0.15) is 0 Å². The summed E-state index contributed by atoms with van der Waals surface area (Å²) in [6, 6.07) is 12.2. The highest BCUT2D eigenvalue weighted by molar-refractivity contribution is 6.30. The maximum atomic E-state index is 10.1. The molecular formula is C17H20ClN3O3. The molecule has 0 saturated carbocycles. The van der Waals surface area contributed by atoms with Crippen LogP contribution in [0.25, 0.3) is 0 Å². The molecule has 0 saturated heterocycles. The highest BCUT2D eigenvalue weighted by Crippen LogP contribution is 2.29. The van der Waals surface area contributed by atoms with Crippen LogP contribution < -0.4 is 20.5 Å². The normalized spacial score (nSPS) is 12.6. The number of nitrogens with zero attached hydrogens (tertiary/aromatic N) is 1. The zero-order chi connectivity index (χ0) is 17.5. The number of halogens is 1. The Hall–Kier alpha value is -2.44. The molecule has 0 fully saturated rings. The highest BCUT2D eigenvalue weighted by atomic mass is 35.5. The fraction of sp³-hybridized carbons (Fsp3) is 0.235.